The molecule has 0 saturated carbocycles. The number of rotatable bonds is 8. The Kier molecular flexibility index (Phi) is 10.4. The van der Waals surface area contributed by atoms with Crippen LogP contribution in [0, 0.1) is 0 Å². The smallest absolute Gasteiger partial charge is 0.143 e. The summed E-state index contributed by atoms with van der Waals surface area (Å²) in [4.78, 5) is 0. The number of para-hydroxylation sites is 2. The summed E-state index contributed by atoms with van der Waals surface area (Å²) in [5.74, 6) is 0. The molecule has 0 amide bonds. The first-order valence-electron chi connectivity index (χ1n) is 47.1. The Labute approximate surface area is 665 Å². The van der Waals surface area contributed by atoms with E-state index in [-0.39, 0.29) is 87.4 Å². The van der Waals surface area contributed by atoms with Crippen LogP contribution in [0.5, 0.6) is 0 Å². The number of hydrogen-bond acceptors (Lipinski definition) is 2. The van der Waals surface area contributed by atoms with Gasteiger partial charge in [0.05, 0.1) is 30.2 Å². The van der Waals surface area contributed by atoms with E-state index in [0.717, 1.165) is 147 Å². The molecule has 0 unspecified atom stereocenters. The second-order valence-corrected chi connectivity index (χ2v) is 27.5. The van der Waals surface area contributed by atoms with E-state index in [4.69, 9.17) is 39.0 Å². The fourth-order valence-electron chi connectivity index (χ4n) is 17.0. The molecule has 0 spiro atoms. The molecule has 510 valence electrons. The van der Waals surface area contributed by atoms with Gasteiger partial charge >= 0.3 is 0 Å². The van der Waals surface area contributed by atoms with Crippen molar-refractivity contribution in [2.75, 3.05) is 0 Å². The maximum absolute atomic E-state index is 9.09. The molecule has 23 aromatic rings. The topological polar surface area (TPSA) is 26.3 Å². The van der Waals surface area contributed by atoms with Crippen molar-refractivity contribution in [3.05, 3.63) is 400 Å². The van der Waals surface area contributed by atoms with E-state index in [1.54, 1.807) is 18.2 Å². The highest BCUT2D eigenvalue weighted by Crippen LogP contribution is 2.51. The summed E-state index contributed by atoms with van der Waals surface area (Å²) < 4.78 is 203. The van der Waals surface area contributed by atoms with Gasteiger partial charge < -0.3 is 8.83 Å². The Morgan fingerprint density at radius 2 is 0.600 bits per heavy atom. The van der Waals surface area contributed by atoms with Crippen LogP contribution in [0.25, 0.3) is 230 Å². The molecule has 0 atom stereocenters. The van der Waals surface area contributed by atoms with Crippen LogP contribution in [0.1, 0.15) is 30.2 Å². The van der Waals surface area contributed by atoms with Crippen LogP contribution in [-0.4, -0.2) is 0 Å². The highest BCUT2D eigenvalue weighted by atomic mass is 16.3. The van der Waals surface area contributed by atoms with Crippen LogP contribution in [0.4, 0.5) is 0 Å². The third kappa shape index (κ3) is 10.1. The van der Waals surface area contributed by atoms with Gasteiger partial charge in [-0.15, -0.1) is 0 Å². The van der Waals surface area contributed by atoms with E-state index < -0.39 is 78.6 Å². The first-order chi connectivity index (χ1) is 63.7. The Morgan fingerprint density at radius 3 is 1.24 bits per heavy atom. The van der Waals surface area contributed by atoms with Crippen molar-refractivity contribution >= 4 is 141 Å². The summed E-state index contributed by atoms with van der Waals surface area (Å²) in [5.41, 5.74) is 11.9. The lowest BCUT2D eigenvalue weighted by molar-refractivity contribution is 0.669. The van der Waals surface area contributed by atoms with Crippen LogP contribution >= 0.6 is 0 Å². The SMILES string of the molecule is [2H]c1c([2H])c([2H])c(-c2c3ccccc3c(-c3cc4cc(-c5cccc6oc7c(-c8c([2H])c([2H])c([2H])c9c([2H])c([2H])c([2H])c([2H])c89)cccc7c56)ccc4c4ccccc34)c3ccccc23)c([2H])c1[2H].[2H]c1c([2H])c([2H])c(-c2c3ccccc3c(-c3cc4ccccc4c4cc(-c5ccc6oc7c(-c8c([2H])c([2H])c([2H])c([2H])c8[2H])cccc7c6c5)ccc34)c3ccccc23)c([2H])c1[2H]. The van der Waals surface area contributed by atoms with E-state index in [9.17, 15) is 0 Å². The summed E-state index contributed by atoms with van der Waals surface area (Å²) in [5, 5.41) is 17.7. The number of fused-ring (bicyclic) bond motifs is 17. The van der Waals surface area contributed by atoms with Crippen molar-refractivity contribution in [3.8, 4) is 89.0 Å². The Hall–Kier alpha value is -14.4. The molecule has 110 heavy (non-hydrogen) atoms. The average Bonchev–Trinajstić information content (AvgIpc) is 0.859. The van der Waals surface area contributed by atoms with Crippen molar-refractivity contribution in [2.24, 2.45) is 0 Å². The molecular weight excluding hydrogens is 1330 g/mol. The molecule has 0 N–H and O–H groups in total. The monoisotopic (exact) mass is 1420 g/mol. The van der Waals surface area contributed by atoms with Gasteiger partial charge in [0.15, 0.2) is 0 Å². The molecule has 2 nitrogen and oxygen atoms in total. The maximum atomic E-state index is 9.09. The van der Waals surface area contributed by atoms with E-state index in [1.807, 2.05) is 170 Å². The molecule has 0 bridgehead atoms. The molecular formula is C108H66O2. The summed E-state index contributed by atoms with van der Waals surface area (Å²) in [6, 6.07) is 79.5. The van der Waals surface area contributed by atoms with E-state index in [2.05, 4.69) is 78.9 Å². The maximum Gasteiger partial charge on any atom is 0.143 e. The standard InChI is InChI=1S/C56H34O.C52H32O/c1-2-16-36(17-3-1)53-45-22-8-10-24-47(45)54(48-25-11-9-23-46(48)53)51-34-38-33-37(31-32-40(38)42-20-6-7-21-44(42)51)41-26-14-30-52-55(41)50-29-13-28-49(56(50)57-52)43-27-12-18-35-15-4-5-19-39(35)43;1-3-14-33(15-4-1)39-24-13-25-45-47-31-36(27-29-49(47)53-52(39)45)35-26-28-40-46(30-35)38-19-8-7-18-37(38)32-48(40)51-43-22-11-9-20-41(43)50(34-16-5-2-6-17-34)42-21-10-12-23-44(42)51/h1-34H;1-32H/i1D,2D,3D,4D,5D,12D,15D,16D,17D,18D,19D,27D;1D,2D,3D,4D,5D,6D,14D,15D,16D,17D. The molecule has 2 aromatic heterocycles. The molecule has 0 fully saturated rings. The van der Waals surface area contributed by atoms with Gasteiger partial charge in [0.2, 0.25) is 0 Å². The minimum atomic E-state index is -0.516. The van der Waals surface area contributed by atoms with Crippen molar-refractivity contribution in [1.29, 1.82) is 0 Å². The lowest BCUT2D eigenvalue weighted by Crippen LogP contribution is -1.92. The van der Waals surface area contributed by atoms with Gasteiger partial charge in [0.25, 0.3) is 0 Å². The van der Waals surface area contributed by atoms with Crippen LogP contribution in [0.15, 0.2) is 409 Å². The third-order valence-corrected chi connectivity index (χ3v) is 21.6. The summed E-state index contributed by atoms with van der Waals surface area (Å²) in [6.07, 6.45) is 0. The minimum Gasteiger partial charge on any atom is -0.455 e. The lowest BCUT2D eigenvalue weighted by atomic mass is 9.83. The molecule has 0 aliphatic rings. The van der Waals surface area contributed by atoms with Crippen LogP contribution in [-0.2, 0) is 0 Å². The highest BCUT2D eigenvalue weighted by molar-refractivity contribution is 6.29. The van der Waals surface area contributed by atoms with Crippen molar-refractivity contribution in [2.45, 2.75) is 0 Å². The van der Waals surface area contributed by atoms with Crippen molar-refractivity contribution < 1.29 is 39.0 Å². The fourth-order valence-corrected chi connectivity index (χ4v) is 17.0. The van der Waals surface area contributed by atoms with E-state index >= 15 is 0 Å². The van der Waals surface area contributed by atoms with Gasteiger partial charge in [-0.1, -0.05) is 357 Å². The quantitative estimate of drug-likeness (QED) is 0.112. The molecule has 2 heteroatoms. The zero-order valence-corrected chi connectivity index (χ0v) is 58.2. The zero-order chi connectivity index (χ0) is 91.5. The first-order valence-corrected chi connectivity index (χ1v) is 36.1. The Morgan fingerprint density at radius 1 is 0.173 bits per heavy atom. The first kappa shape index (κ1) is 44.5. The molecule has 21 aromatic carbocycles. The van der Waals surface area contributed by atoms with Crippen LogP contribution in [0.2, 0.25) is 0 Å². The third-order valence-electron chi connectivity index (χ3n) is 21.6. The summed E-state index contributed by atoms with van der Waals surface area (Å²) in [6.45, 7) is 0. The van der Waals surface area contributed by atoms with Gasteiger partial charge in [-0.05, 0) is 217 Å². The second-order valence-electron chi connectivity index (χ2n) is 27.5. The second kappa shape index (κ2) is 25.7. The van der Waals surface area contributed by atoms with Gasteiger partial charge in [0, 0.05) is 32.7 Å². The predicted molar refractivity (Wildman–Crippen MR) is 468 cm³/mol. The largest absolute Gasteiger partial charge is 0.455 e. The van der Waals surface area contributed by atoms with Gasteiger partial charge in [0.1, 0.15) is 22.3 Å². The van der Waals surface area contributed by atoms with Crippen molar-refractivity contribution in [3.63, 3.8) is 0 Å². The molecule has 23 rings (SSSR count). The predicted octanol–water partition coefficient (Wildman–Crippen LogP) is 30.9. The summed E-state index contributed by atoms with van der Waals surface area (Å²) in [7, 11) is 0. The Balaban J connectivity index is 0.000000155. The normalized spacial score (nSPS) is 14.6. The molecule has 0 radical (unpaired) electrons. The van der Waals surface area contributed by atoms with Gasteiger partial charge in [-0.2, -0.15) is 0 Å². The number of benzene rings is 21. The van der Waals surface area contributed by atoms with Crippen molar-refractivity contribution in [1.82, 2.24) is 0 Å². The molecule has 0 aliphatic carbocycles. The summed E-state index contributed by atoms with van der Waals surface area (Å²) >= 11 is 0. The number of furan rings is 2. The molecule has 0 saturated heterocycles. The highest BCUT2D eigenvalue weighted by Gasteiger charge is 2.24. The molecule has 0 aliphatic heterocycles. The van der Waals surface area contributed by atoms with Crippen LogP contribution in [0.3, 0.4) is 0 Å². The minimum absolute atomic E-state index is 0.0120. The molecule has 2 heterocycles. The average molecular weight is 1420 g/mol. The number of hydrogen-bond donors (Lipinski definition) is 0. The van der Waals surface area contributed by atoms with E-state index in [0.29, 0.717) is 50.0 Å². The Bertz CT molecular complexity index is 8940. The van der Waals surface area contributed by atoms with Gasteiger partial charge in [-0.3, -0.25) is 0 Å². The lowest BCUT2D eigenvalue weighted by Gasteiger charge is -2.20. The van der Waals surface area contributed by atoms with Crippen LogP contribution < -0.4 is 0 Å². The van der Waals surface area contributed by atoms with E-state index in [1.165, 1.54) is 0 Å². The zero-order valence-electron chi connectivity index (χ0n) is 80.2. The fraction of sp³-hybridized carbons (Fsp3) is 0. The van der Waals surface area contributed by atoms with Gasteiger partial charge in [-0.25, -0.2) is 0 Å².